The van der Waals surface area contributed by atoms with Crippen LogP contribution in [0.4, 0.5) is 0 Å². The fourth-order valence-electron chi connectivity index (χ4n) is 7.92. The zero-order valence-corrected chi connectivity index (χ0v) is 23.7. The van der Waals surface area contributed by atoms with Crippen molar-refractivity contribution >= 4 is 23.2 Å². The molecule has 7 N–H and O–H groups in total. The van der Waals surface area contributed by atoms with Crippen molar-refractivity contribution in [3.8, 4) is 16.9 Å². The van der Waals surface area contributed by atoms with Crippen molar-refractivity contribution in [1.29, 1.82) is 0 Å². The number of rotatable bonds is 6. The second kappa shape index (κ2) is 10.3. The summed E-state index contributed by atoms with van der Waals surface area (Å²) in [7, 11) is 3.25. The van der Waals surface area contributed by atoms with Gasteiger partial charge in [0.25, 0.3) is 0 Å². The normalized spacial score (nSPS) is 31.3. The average molecular weight is 580 g/mol. The molecular formula is C31H37N3O8. The molecule has 2 aromatic rings. The number of aliphatic hydroxyl groups excluding tert-OH is 2. The highest BCUT2D eigenvalue weighted by Crippen LogP contribution is 2.53. The van der Waals surface area contributed by atoms with E-state index in [4.69, 9.17) is 10.2 Å². The van der Waals surface area contributed by atoms with Crippen molar-refractivity contribution in [2.45, 2.75) is 68.9 Å². The number of primary amides is 1. The predicted molar refractivity (Wildman–Crippen MR) is 151 cm³/mol. The Morgan fingerprint density at radius 3 is 2.55 bits per heavy atom. The smallest absolute Gasteiger partial charge is 0.230 e. The zero-order chi connectivity index (χ0) is 30.1. The lowest BCUT2D eigenvalue weighted by molar-refractivity contribution is -0.184. The molecule has 0 aliphatic heterocycles. The number of amides is 1. The molecular weight excluding hydrogens is 542 g/mol. The number of ketones is 2. The van der Waals surface area contributed by atoms with E-state index in [-0.39, 0.29) is 29.7 Å². The van der Waals surface area contributed by atoms with Crippen LogP contribution in [0.2, 0.25) is 0 Å². The van der Waals surface area contributed by atoms with E-state index in [1.54, 1.807) is 31.3 Å². The molecule has 0 saturated heterocycles. The number of carbonyl (C=O) groups excluding carboxylic acids is 3. The fraction of sp³-hybridized carbons (Fsp3) is 0.516. The van der Waals surface area contributed by atoms with Crippen molar-refractivity contribution in [2.75, 3.05) is 14.1 Å². The largest absolute Gasteiger partial charge is 0.507 e. The molecule has 4 aliphatic rings. The van der Waals surface area contributed by atoms with Gasteiger partial charge in [0.15, 0.2) is 11.4 Å². The first-order valence-corrected chi connectivity index (χ1v) is 14.5. The van der Waals surface area contributed by atoms with Gasteiger partial charge in [-0.05, 0) is 69.0 Å². The second-order valence-electron chi connectivity index (χ2n) is 12.4. The lowest BCUT2D eigenvalue weighted by atomic mass is 9.54. The molecule has 11 heteroatoms. The molecule has 1 heterocycles. The molecule has 0 spiro atoms. The Balaban J connectivity index is 1.50. The summed E-state index contributed by atoms with van der Waals surface area (Å²) >= 11 is 0. The van der Waals surface area contributed by atoms with Crippen LogP contribution in [0, 0.1) is 17.8 Å². The van der Waals surface area contributed by atoms with Crippen molar-refractivity contribution in [2.24, 2.45) is 23.5 Å². The molecule has 0 bridgehead atoms. The number of carbonyl (C=O) groups is 3. The standard InChI is InChI=1S/C31H37N3O8/c1-34(2)24-20-11-15-9-19-18(14-7-8-42-13-14)10-16(12-33-17-5-3-4-6-17)25(35)22(19)26(36)21(15)28(38)31(20,41)29(39)23(27(24)37)30(32)40/h7-8,10,13,15,17,20,23-24,27,33,35-37,41H,3-6,9,11-12H2,1-2H3,(H2,32,40)/t15-,20-,23?,24?,27?,31-/m1/s1. The number of Topliss-reactive ketones (excluding diaryl/α,β-unsaturated/α-hetero) is 2. The summed E-state index contributed by atoms with van der Waals surface area (Å²) in [4.78, 5) is 41.5. The van der Waals surface area contributed by atoms with Gasteiger partial charge in [0.05, 0.1) is 24.2 Å². The number of benzene rings is 1. The molecule has 11 nitrogen and oxygen atoms in total. The predicted octanol–water partition coefficient (Wildman–Crippen LogP) is 1.42. The Morgan fingerprint density at radius 2 is 1.93 bits per heavy atom. The van der Waals surface area contributed by atoms with Crippen LogP contribution in [-0.4, -0.2) is 80.7 Å². The van der Waals surface area contributed by atoms with Gasteiger partial charge < -0.3 is 40.8 Å². The highest BCUT2D eigenvalue weighted by Gasteiger charge is 2.67. The lowest BCUT2D eigenvalue weighted by Crippen LogP contribution is -2.73. The number of nitrogens with one attached hydrogen (secondary N) is 1. The molecule has 6 rings (SSSR count). The van der Waals surface area contributed by atoms with Gasteiger partial charge in [0.2, 0.25) is 11.7 Å². The fourth-order valence-corrected chi connectivity index (χ4v) is 7.92. The van der Waals surface area contributed by atoms with Gasteiger partial charge >= 0.3 is 0 Å². The van der Waals surface area contributed by atoms with Gasteiger partial charge in [-0.25, -0.2) is 0 Å². The summed E-state index contributed by atoms with van der Waals surface area (Å²) in [6.07, 6.45) is 6.21. The SMILES string of the molecule is CN(C)C1C(O)C(C(N)=O)C(=O)[C@]2(O)C(=O)C3=C(O)c4c(O)c(CNC5CCCC5)cc(-c5ccoc5)c4C[C@@H]3C[C@H]12. The summed E-state index contributed by atoms with van der Waals surface area (Å²) in [5.41, 5.74) is 5.31. The van der Waals surface area contributed by atoms with Crippen LogP contribution in [0.5, 0.6) is 5.75 Å². The summed E-state index contributed by atoms with van der Waals surface area (Å²) in [5.74, 6) is -7.52. The van der Waals surface area contributed by atoms with Crippen LogP contribution >= 0.6 is 0 Å². The lowest BCUT2D eigenvalue weighted by Gasteiger charge is -2.53. The van der Waals surface area contributed by atoms with Crippen molar-refractivity contribution in [3.63, 3.8) is 0 Å². The molecule has 224 valence electrons. The van der Waals surface area contributed by atoms with Crippen LogP contribution in [0.1, 0.15) is 48.8 Å². The summed E-state index contributed by atoms with van der Waals surface area (Å²) in [5, 5.41) is 49.6. The summed E-state index contributed by atoms with van der Waals surface area (Å²) < 4.78 is 5.35. The maximum atomic E-state index is 14.1. The van der Waals surface area contributed by atoms with E-state index in [0.29, 0.717) is 23.7 Å². The number of hydrogen-bond acceptors (Lipinski definition) is 10. The van der Waals surface area contributed by atoms with Crippen molar-refractivity contribution < 1.29 is 39.2 Å². The number of fused-ring (bicyclic) bond motifs is 3. The Bertz CT molecular complexity index is 1480. The summed E-state index contributed by atoms with van der Waals surface area (Å²) in [6.45, 7) is 0.335. The van der Waals surface area contributed by atoms with Gasteiger partial charge in [-0.3, -0.25) is 14.4 Å². The zero-order valence-electron chi connectivity index (χ0n) is 23.7. The number of aromatic hydroxyl groups is 1. The molecule has 1 aromatic carbocycles. The monoisotopic (exact) mass is 579 g/mol. The van der Waals surface area contributed by atoms with E-state index in [9.17, 15) is 34.8 Å². The van der Waals surface area contributed by atoms with Crippen LogP contribution in [0.3, 0.4) is 0 Å². The number of aliphatic hydroxyl groups is 3. The second-order valence-corrected chi connectivity index (χ2v) is 12.4. The molecule has 42 heavy (non-hydrogen) atoms. The first kappa shape index (κ1) is 28.6. The van der Waals surface area contributed by atoms with Crippen LogP contribution in [0.25, 0.3) is 16.9 Å². The van der Waals surface area contributed by atoms with E-state index in [0.717, 1.165) is 36.8 Å². The number of phenols is 1. The molecule has 0 radical (unpaired) electrons. The maximum Gasteiger partial charge on any atom is 0.230 e. The van der Waals surface area contributed by atoms with Crippen molar-refractivity contribution in [3.05, 3.63) is 46.9 Å². The maximum absolute atomic E-state index is 14.1. The number of phenolic OH excluding ortho intramolecular Hbond substituents is 1. The molecule has 3 saturated carbocycles. The first-order valence-electron chi connectivity index (χ1n) is 14.5. The number of furan rings is 1. The average Bonchev–Trinajstić information content (AvgIpc) is 3.65. The highest BCUT2D eigenvalue weighted by molar-refractivity contribution is 6.25. The van der Waals surface area contributed by atoms with E-state index < -0.39 is 58.7 Å². The first-order chi connectivity index (χ1) is 20.0. The van der Waals surface area contributed by atoms with Gasteiger partial charge in [-0.2, -0.15) is 0 Å². The van der Waals surface area contributed by atoms with Crippen LogP contribution < -0.4 is 11.1 Å². The number of nitrogens with zero attached hydrogens (tertiary/aromatic N) is 1. The third kappa shape index (κ3) is 4.13. The molecule has 6 atom stereocenters. The number of nitrogens with two attached hydrogens (primary N) is 1. The highest BCUT2D eigenvalue weighted by atomic mass is 16.3. The van der Waals surface area contributed by atoms with E-state index in [1.807, 2.05) is 6.07 Å². The Morgan fingerprint density at radius 1 is 1.21 bits per heavy atom. The van der Waals surface area contributed by atoms with E-state index in [1.165, 1.54) is 6.26 Å². The molecule has 1 aromatic heterocycles. The number of hydrogen-bond donors (Lipinski definition) is 6. The summed E-state index contributed by atoms with van der Waals surface area (Å²) in [6, 6.07) is 3.03. The minimum atomic E-state index is -2.68. The minimum absolute atomic E-state index is 0.0643. The topological polar surface area (TPSA) is 187 Å². The third-order valence-corrected chi connectivity index (χ3v) is 9.94. The Hall–Kier alpha value is -3.51. The van der Waals surface area contributed by atoms with Gasteiger partial charge in [-0.1, -0.05) is 12.8 Å². The van der Waals surface area contributed by atoms with Crippen LogP contribution in [0.15, 0.2) is 34.6 Å². The molecule has 3 unspecified atom stereocenters. The van der Waals surface area contributed by atoms with E-state index in [2.05, 4.69) is 5.32 Å². The Labute approximate surface area is 243 Å². The van der Waals surface area contributed by atoms with Gasteiger partial charge in [-0.15, -0.1) is 0 Å². The quantitative estimate of drug-likeness (QED) is 0.273. The van der Waals surface area contributed by atoms with Gasteiger partial charge in [0, 0.05) is 41.2 Å². The third-order valence-electron chi connectivity index (χ3n) is 9.94. The molecule has 3 fully saturated rings. The Kier molecular flexibility index (Phi) is 7.04. The van der Waals surface area contributed by atoms with E-state index >= 15 is 0 Å². The minimum Gasteiger partial charge on any atom is -0.507 e. The number of likely N-dealkylation sites (N-methyl/N-ethyl adjacent to an activating group) is 1. The van der Waals surface area contributed by atoms with Crippen LogP contribution in [-0.2, 0) is 27.3 Å². The molecule has 1 amide bonds. The van der Waals surface area contributed by atoms with Gasteiger partial charge in [0.1, 0.15) is 17.4 Å². The van der Waals surface area contributed by atoms with Crippen molar-refractivity contribution in [1.82, 2.24) is 10.2 Å². The molecule has 4 aliphatic carbocycles.